The van der Waals surface area contributed by atoms with Gasteiger partial charge < -0.3 is 5.32 Å². The van der Waals surface area contributed by atoms with Gasteiger partial charge in [0.15, 0.2) is 9.84 Å². The maximum Gasteiger partial charge on any atom is 0.222 e. The normalized spacial score (nSPS) is 16.6. The molecule has 2 aromatic rings. The minimum atomic E-state index is -3.24. The fourth-order valence-corrected chi connectivity index (χ4v) is 3.98. The fraction of sp³-hybridized carbons (Fsp3) is 0.412. The van der Waals surface area contributed by atoms with E-state index in [9.17, 15) is 8.42 Å². The Morgan fingerprint density at radius 2 is 1.85 bits per heavy atom. The van der Waals surface area contributed by atoms with E-state index in [1.807, 2.05) is 0 Å². The van der Waals surface area contributed by atoms with Gasteiger partial charge in [0.2, 0.25) is 5.95 Å². The van der Waals surface area contributed by atoms with E-state index in [4.69, 9.17) is 23.2 Å². The van der Waals surface area contributed by atoms with E-state index in [-0.39, 0.29) is 4.90 Å². The SMILES string of the molecule is CS(=O)(=O)c1ccc(CN2CCC(Nc3ncc(Cl)cn3)CC2)c(Cl)c1. The first kappa shape index (κ1) is 19.4. The zero-order chi connectivity index (χ0) is 18.7. The third-order valence-corrected chi connectivity index (χ3v) is 6.05. The molecule has 0 atom stereocenters. The largest absolute Gasteiger partial charge is 0.351 e. The molecule has 0 bridgehead atoms. The van der Waals surface area contributed by atoms with Crippen molar-refractivity contribution in [3.63, 3.8) is 0 Å². The lowest BCUT2D eigenvalue weighted by atomic mass is 10.0. The van der Waals surface area contributed by atoms with Gasteiger partial charge in [0.05, 0.1) is 22.3 Å². The number of rotatable bonds is 5. The molecule has 0 saturated carbocycles. The van der Waals surface area contributed by atoms with Crippen LogP contribution in [0, 0.1) is 0 Å². The first-order valence-corrected chi connectivity index (χ1v) is 10.9. The number of benzene rings is 1. The van der Waals surface area contributed by atoms with Crippen LogP contribution in [0.2, 0.25) is 10.0 Å². The molecule has 0 amide bonds. The lowest BCUT2D eigenvalue weighted by Gasteiger charge is -2.32. The van der Waals surface area contributed by atoms with Gasteiger partial charge >= 0.3 is 0 Å². The summed E-state index contributed by atoms with van der Waals surface area (Å²) in [6.45, 7) is 2.53. The summed E-state index contributed by atoms with van der Waals surface area (Å²) in [7, 11) is -3.24. The third kappa shape index (κ3) is 5.07. The fourth-order valence-electron chi connectivity index (χ4n) is 2.93. The van der Waals surface area contributed by atoms with Crippen molar-refractivity contribution in [2.75, 3.05) is 24.7 Å². The molecule has 26 heavy (non-hydrogen) atoms. The zero-order valence-electron chi connectivity index (χ0n) is 14.3. The number of aromatic nitrogens is 2. The van der Waals surface area contributed by atoms with Crippen molar-refractivity contribution in [3.8, 4) is 0 Å². The Bertz CT molecular complexity index is 867. The van der Waals surface area contributed by atoms with Gasteiger partial charge in [-0.05, 0) is 30.5 Å². The number of hydrogen-bond donors (Lipinski definition) is 1. The summed E-state index contributed by atoms with van der Waals surface area (Å²) in [6.07, 6.45) is 6.26. The van der Waals surface area contributed by atoms with Crippen molar-refractivity contribution >= 4 is 39.0 Å². The third-order valence-electron chi connectivity index (χ3n) is 4.39. The van der Waals surface area contributed by atoms with E-state index in [0.29, 0.717) is 28.6 Å². The Labute approximate surface area is 163 Å². The van der Waals surface area contributed by atoms with Crippen LogP contribution in [0.15, 0.2) is 35.5 Å². The van der Waals surface area contributed by atoms with E-state index >= 15 is 0 Å². The number of sulfone groups is 1. The van der Waals surface area contributed by atoms with E-state index < -0.39 is 9.84 Å². The Balaban J connectivity index is 1.55. The second kappa shape index (κ2) is 8.08. The summed E-state index contributed by atoms with van der Waals surface area (Å²) in [5.74, 6) is 0.590. The predicted octanol–water partition coefficient (Wildman–Crippen LogP) is 3.26. The molecule has 6 nitrogen and oxygen atoms in total. The van der Waals surface area contributed by atoms with Crippen LogP contribution >= 0.6 is 23.2 Å². The Hall–Kier alpha value is -1.41. The van der Waals surface area contributed by atoms with Gasteiger partial charge in [-0.2, -0.15) is 0 Å². The summed E-state index contributed by atoms with van der Waals surface area (Å²) < 4.78 is 23.2. The Kier molecular flexibility index (Phi) is 6.02. The molecular weight excluding hydrogens is 395 g/mol. The number of likely N-dealkylation sites (tertiary alicyclic amines) is 1. The van der Waals surface area contributed by atoms with E-state index in [1.165, 1.54) is 12.3 Å². The highest BCUT2D eigenvalue weighted by atomic mass is 35.5. The van der Waals surface area contributed by atoms with Crippen molar-refractivity contribution in [2.24, 2.45) is 0 Å². The molecule has 0 spiro atoms. The van der Waals surface area contributed by atoms with Crippen molar-refractivity contribution in [2.45, 2.75) is 30.3 Å². The quantitative estimate of drug-likeness (QED) is 0.808. The monoisotopic (exact) mass is 414 g/mol. The van der Waals surface area contributed by atoms with Crippen molar-refractivity contribution in [1.29, 1.82) is 0 Å². The second-order valence-corrected chi connectivity index (χ2v) is 9.30. The number of nitrogens with one attached hydrogen (secondary N) is 1. The molecule has 1 N–H and O–H groups in total. The van der Waals surface area contributed by atoms with Crippen molar-refractivity contribution in [1.82, 2.24) is 14.9 Å². The average Bonchev–Trinajstić information content (AvgIpc) is 2.59. The number of hydrogen-bond acceptors (Lipinski definition) is 6. The van der Waals surface area contributed by atoms with Gasteiger partial charge in [-0.3, -0.25) is 4.90 Å². The van der Waals surface area contributed by atoms with Gasteiger partial charge in [0.25, 0.3) is 0 Å². The summed E-state index contributed by atoms with van der Waals surface area (Å²) in [5.41, 5.74) is 0.937. The lowest BCUT2D eigenvalue weighted by Crippen LogP contribution is -2.39. The minimum Gasteiger partial charge on any atom is -0.351 e. The van der Waals surface area contributed by atoms with Crippen LogP contribution in [0.1, 0.15) is 18.4 Å². The number of piperidine rings is 1. The molecule has 1 aliphatic rings. The highest BCUT2D eigenvalue weighted by Gasteiger charge is 2.21. The summed E-state index contributed by atoms with van der Waals surface area (Å²) in [4.78, 5) is 10.9. The van der Waals surface area contributed by atoms with E-state index in [1.54, 1.807) is 24.5 Å². The minimum absolute atomic E-state index is 0.247. The molecule has 1 saturated heterocycles. The van der Waals surface area contributed by atoms with Gasteiger partial charge in [0, 0.05) is 37.0 Å². The molecule has 1 aliphatic heterocycles. The molecule has 0 radical (unpaired) electrons. The molecule has 0 unspecified atom stereocenters. The molecule has 3 rings (SSSR count). The van der Waals surface area contributed by atoms with Crippen LogP contribution in [0.3, 0.4) is 0 Å². The second-order valence-electron chi connectivity index (χ2n) is 6.45. The molecule has 1 fully saturated rings. The van der Waals surface area contributed by atoms with Gasteiger partial charge in [-0.25, -0.2) is 18.4 Å². The number of nitrogens with zero attached hydrogens (tertiary/aromatic N) is 3. The number of anilines is 1. The molecule has 0 aliphatic carbocycles. The summed E-state index contributed by atoms with van der Waals surface area (Å²) >= 11 is 12.1. The van der Waals surface area contributed by atoms with E-state index in [2.05, 4.69) is 20.2 Å². The molecule has 1 aromatic heterocycles. The average molecular weight is 415 g/mol. The smallest absolute Gasteiger partial charge is 0.222 e. The van der Waals surface area contributed by atoms with E-state index in [0.717, 1.165) is 31.5 Å². The highest BCUT2D eigenvalue weighted by molar-refractivity contribution is 7.90. The van der Waals surface area contributed by atoms with Gasteiger partial charge in [0.1, 0.15) is 0 Å². The standard InChI is InChI=1S/C17H20Cl2N4O2S/c1-26(24,25)15-3-2-12(16(19)8-15)11-23-6-4-14(5-7-23)22-17-20-9-13(18)10-21-17/h2-3,8-10,14H,4-7,11H2,1H3,(H,20,21,22). The van der Waals surface area contributed by atoms with Crippen LogP contribution in [0.5, 0.6) is 0 Å². The molecule has 140 valence electrons. The van der Waals surface area contributed by atoms with Crippen LogP contribution in [0.25, 0.3) is 0 Å². The Morgan fingerprint density at radius 1 is 1.19 bits per heavy atom. The first-order chi connectivity index (χ1) is 12.3. The molecule has 2 heterocycles. The van der Waals surface area contributed by atoms with Crippen LogP contribution in [-0.2, 0) is 16.4 Å². The lowest BCUT2D eigenvalue weighted by molar-refractivity contribution is 0.211. The summed E-state index contributed by atoms with van der Waals surface area (Å²) in [6, 6.07) is 5.25. The maximum atomic E-state index is 11.6. The van der Waals surface area contributed by atoms with Gasteiger partial charge in [-0.1, -0.05) is 29.3 Å². The molecule has 1 aromatic carbocycles. The Morgan fingerprint density at radius 3 is 2.42 bits per heavy atom. The summed E-state index contributed by atoms with van der Waals surface area (Å²) in [5, 5.41) is 4.33. The first-order valence-electron chi connectivity index (χ1n) is 8.26. The maximum absolute atomic E-state index is 11.6. The number of halogens is 2. The topological polar surface area (TPSA) is 75.2 Å². The van der Waals surface area contributed by atoms with Crippen molar-refractivity contribution < 1.29 is 8.42 Å². The van der Waals surface area contributed by atoms with Crippen molar-refractivity contribution in [3.05, 3.63) is 46.2 Å². The highest BCUT2D eigenvalue weighted by Crippen LogP contribution is 2.24. The van der Waals surface area contributed by atoms with Crippen LogP contribution in [-0.4, -0.2) is 48.7 Å². The zero-order valence-corrected chi connectivity index (χ0v) is 16.7. The predicted molar refractivity (Wildman–Crippen MR) is 104 cm³/mol. The van der Waals surface area contributed by atoms with Crippen LogP contribution < -0.4 is 5.32 Å². The van der Waals surface area contributed by atoms with Crippen LogP contribution in [0.4, 0.5) is 5.95 Å². The van der Waals surface area contributed by atoms with Gasteiger partial charge in [-0.15, -0.1) is 0 Å². The molecular formula is C17H20Cl2N4O2S. The molecule has 9 heteroatoms.